The fourth-order valence-corrected chi connectivity index (χ4v) is 3.35. The lowest BCUT2D eigenvalue weighted by Crippen LogP contribution is -2.19. The van der Waals surface area contributed by atoms with E-state index in [9.17, 15) is 9.59 Å². The van der Waals surface area contributed by atoms with Crippen LogP contribution in [0.25, 0.3) is 0 Å². The summed E-state index contributed by atoms with van der Waals surface area (Å²) in [6, 6.07) is 2.71. The molecule has 110 valence electrons. The molecule has 1 amide bonds. The van der Waals surface area contributed by atoms with Crippen LogP contribution >= 0.6 is 23.4 Å². The molecule has 0 bridgehead atoms. The van der Waals surface area contributed by atoms with Crippen molar-refractivity contribution in [2.24, 2.45) is 5.73 Å². The fourth-order valence-electron chi connectivity index (χ4n) is 2.12. The molecule has 0 spiro atoms. The lowest BCUT2D eigenvalue weighted by Gasteiger charge is -2.08. The molecule has 1 aromatic heterocycles. The topological polar surface area (TPSA) is 106 Å². The SMILES string of the molecule is CCn1c(Sc2cc3c(cc2Cl)C(N)C(=O)N3)n[nH]c1=O. The highest BCUT2D eigenvalue weighted by atomic mass is 35.5. The van der Waals surface area contributed by atoms with Crippen LogP contribution in [-0.4, -0.2) is 20.7 Å². The summed E-state index contributed by atoms with van der Waals surface area (Å²) in [5, 5.41) is 10.0. The van der Waals surface area contributed by atoms with Gasteiger partial charge in [-0.3, -0.25) is 9.36 Å². The molecular weight excluding hydrogens is 314 g/mol. The van der Waals surface area contributed by atoms with Gasteiger partial charge in [0.25, 0.3) is 0 Å². The van der Waals surface area contributed by atoms with Crippen molar-refractivity contribution in [3.63, 3.8) is 0 Å². The van der Waals surface area contributed by atoms with E-state index >= 15 is 0 Å². The van der Waals surface area contributed by atoms with E-state index in [4.69, 9.17) is 17.3 Å². The number of nitrogens with zero attached hydrogens (tertiary/aromatic N) is 2. The first-order valence-electron chi connectivity index (χ1n) is 6.24. The Hall–Kier alpha value is -1.77. The lowest BCUT2D eigenvalue weighted by atomic mass is 10.1. The maximum absolute atomic E-state index is 11.6. The summed E-state index contributed by atoms with van der Waals surface area (Å²) in [5.74, 6) is -0.256. The van der Waals surface area contributed by atoms with Gasteiger partial charge in [-0.05, 0) is 30.8 Å². The number of amides is 1. The minimum atomic E-state index is -0.698. The predicted molar refractivity (Wildman–Crippen MR) is 79.7 cm³/mol. The van der Waals surface area contributed by atoms with Crippen LogP contribution in [0.1, 0.15) is 18.5 Å². The molecule has 0 saturated carbocycles. The largest absolute Gasteiger partial charge is 0.343 e. The van der Waals surface area contributed by atoms with E-state index in [1.54, 1.807) is 12.1 Å². The van der Waals surface area contributed by atoms with E-state index in [0.717, 1.165) is 0 Å². The maximum atomic E-state index is 11.6. The monoisotopic (exact) mass is 325 g/mol. The Morgan fingerprint density at radius 1 is 1.48 bits per heavy atom. The Kier molecular flexibility index (Phi) is 3.52. The Bertz CT molecular complexity index is 784. The Balaban J connectivity index is 1.99. The van der Waals surface area contributed by atoms with Gasteiger partial charge >= 0.3 is 5.69 Å². The summed E-state index contributed by atoms with van der Waals surface area (Å²) in [7, 11) is 0. The first-order valence-corrected chi connectivity index (χ1v) is 7.43. The third kappa shape index (κ3) is 2.35. The number of hydrogen-bond acceptors (Lipinski definition) is 5. The number of fused-ring (bicyclic) bond motifs is 1. The van der Waals surface area contributed by atoms with Crippen LogP contribution in [0.15, 0.2) is 27.0 Å². The average Bonchev–Trinajstić information content (AvgIpc) is 2.93. The van der Waals surface area contributed by atoms with Crippen LogP contribution in [0.2, 0.25) is 5.02 Å². The van der Waals surface area contributed by atoms with Crippen LogP contribution in [0, 0.1) is 0 Å². The number of benzene rings is 1. The molecule has 3 rings (SSSR count). The summed E-state index contributed by atoms with van der Waals surface area (Å²) in [6.07, 6.45) is 0. The number of rotatable bonds is 3. The minimum Gasteiger partial charge on any atom is -0.324 e. The number of nitrogens with one attached hydrogen (secondary N) is 2. The van der Waals surface area contributed by atoms with Crippen molar-refractivity contribution in [3.05, 3.63) is 33.2 Å². The zero-order valence-electron chi connectivity index (χ0n) is 11.0. The van der Waals surface area contributed by atoms with E-state index in [-0.39, 0.29) is 11.6 Å². The summed E-state index contributed by atoms with van der Waals surface area (Å²) in [6.45, 7) is 2.35. The van der Waals surface area contributed by atoms with Crippen LogP contribution in [0.3, 0.4) is 0 Å². The molecule has 0 aliphatic carbocycles. The Labute approximate surface area is 128 Å². The number of nitrogens with two attached hydrogens (primary N) is 1. The normalized spacial score (nSPS) is 16.9. The summed E-state index contributed by atoms with van der Waals surface area (Å²) in [4.78, 5) is 23.8. The van der Waals surface area contributed by atoms with E-state index in [1.807, 2.05) is 6.92 Å². The second-order valence-corrected chi connectivity index (χ2v) is 5.91. The molecule has 1 aromatic carbocycles. The summed E-state index contributed by atoms with van der Waals surface area (Å²) >= 11 is 7.48. The van der Waals surface area contributed by atoms with Gasteiger partial charge in [0.2, 0.25) is 5.91 Å². The molecule has 1 aliphatic heterocycles. The quantitative estimate of drug-likeness (QED) is 0.789. The summed E-state index contributed by atoms with van der Waals surface area (Å²) < 4.78 is 1.50. The molecule has 2 aromatic rings. The smallest absolute Gasteiger partial charge is 0.324 e. The first-order chi connectivity index (χ1) is 10.0. The molecule has 0 saturated heterocycles. The highest BCUT2D eigenvalue weighted by Gasteiger charge is 2.28. The average molecular weight is 326 g/mol. The Morgan fingerprint density at radius 3 is 2.95 bits per heavy atom. The van der Waals surface area contributed by atoms with Crippen molar-refractivity contribution in [1.82, 2.24) is 14.8 Å². The molecule has 4 N–H and O–H groups in total. The van der Waals surface area contributed by atoms with Crippen LogP contribution in [-0.2, 0) is 11.3 Å². The van der Waals surface area contributed by atoms with Crippen molar-refractivity contribution in [2.75, 3.05) is 5.32 Å². The third-order valence-electron chi connectivity index (χ3n) is 3.22. The van der Waals surface area contributed by atoms with Gasteiger partial charge < -0.3 is 11.1 Å². The number of hydrogen-bond donors (Lipinski definition) is 3. The highest BCUT2D eigenvalue weighted by Crippen LogP contribution is 2.39. The standard InChI is InChI=1S/C12H12ClN5O2S/c1-2-18-11(20)16-17-12(18)21-8-4-7-5(3-6(8)13)9(14)10(19)15-7/h3-4,9H,2,14H2,1H3,(H,15,19)(H,16,20). The summed E-state index contributed by atoms with van der Waals surface area (Å²) in [5.41, 5.74) is 6.81. The van der Waals surface area contributed by atoms with E-state index in [2.05, 4.69) is 15.5 Å². The Morgan fingerprint density at radius 2 is 2.24 bits per heavy atom. The van der Waals surface area contributed by atoms with E-state index in [0.29, 0.717) is 32.9 Å². The zero-order valence-corrected chi connectivity index (χ0v) is 12.6. The molecule has 21 heavy (non-hydrogen) atoms. The van der Waals surface area contributed by atoms with Crippen molar-refractivity contribution in [1.29, 1.82) is 0 Å². The lowest BCUT2D eigenvalue weighted by molar-refractivity contribution is -0.116. The number of aromatic amines is 1. The highest BCUT2D eigenvalue weighted by molar-refractivity contribution is 7.99. The molecule has 0 radical (unpaired) electrons. The van der Waals surface area contributed by atoms with Gasteiger partial charge in [-0.15, -0.1) is 5.10 Å². The molecule has 7 nitrogen and oxygen atoms in total. The number of carbonyl (C=O) groups excluding carboxylic acids is 1. The molecule has 1 atom stereocenters. The molecule has 1 unspecified atom stereocenters. The van der Waals surface area contributed by atoms with Gasteiger partial charge in [0, 0.05) is 22.7 Å². The first kappa shape index (κ1) is 14.2. The van der Waals surface area contributed by atoms with Gasteiger partial charge in [0.05, 0.1) is 5.02 Å². The maximum Gasteiger partial charge on any atom is 0.343 e. The molecule has 9 heteroatoms. The third-order valence-corrected chi connectivity index (χ3v) is 4.70. The predicted octanol–water partition coefficient (Wildman–Crippen LogP) is 1.35. The molecule has 0 fully saturated rings. The van der Waals surface area contributed by atoms with Crippen molar-refractivity contribution in [2.45, 2.75) is 29.6 Å². The number of aromatic nitrogens is 3. The molecule has 2 heterocycles. The van der Waals surface area contributed by atoms with Gasteiger partial charge in [0.15, 0.2) is 5.16 Å². The van der Waals surface area contributed by atoms with Crippen LogP contribution < -0.4 is 16.7 Å². The molecular formula is C12H12ClN5O2S. The van der Waals surface area contributed by atoms with Crippen LogP contribution in [0.5, 0.6) is 0 Å². The second-order valence-electron chi connectivity index (χ2n) is 4.49. The van der Waals surface area contributed by atoms with Crippen molar-refractivity contribution < 1.29 is 4.79 Å². The number of halogens is 1. The minimum absolute atomic E-state index is 0.256. The fraction of sp³-hybridized carbons (Fsp3) is 0.250. The van der Waals surface area contributed by atoms with Gasteiger partial charge in [-0.25, -0.2) is 9.89 Å². The number of carbonyl (C=O) groups is 1. The van der Waals surface area contributed by atoms with E-state index < -0.39 is 6.04 Å². The van der Waals surface area contributed by atoms with Gasteiger partial charge in [0.1, 0.15) is 6.04 Å². The number of anilines is 1. The van der Waals surface area contributed by atoms with Crippen molar-refractivity contribution >= 4 is 35.0 Å². The van der Waals surface area contributed by atoms with E-state index in [1.165, 1.54) is 16.3 Å². The van der Waals surface area contributed by atoms with Crippen LogP contribution in [0.4, 0.5) is 5.69 Å². The van der Waals surface area contributed by atoms with Gasteiger partial charge in [-0.1, -0.05) is 11.6 Å². The van der Waals surface area contributed by atoms with Gasteiger partial charge in [-0.2, -0.15) is 0 Å². The van der Waals surface area contributed by atoms with Crippen molar-refractivity contribution in [3.8, 4) is 0 Å². The second kappa shape index (κ2) is 5.21. The number of H-pyrrole nitrogens is 1. The zero-order chi connectivity index (χ0) is 15.1. The molecule has 1 aliphatic rings.